The lowest BCUT2D eigenvalue weighted by Crippen LogP contribution is -2.22. The van der Waals surface area contributed by atoms with Gasteiger partial charge in [-0.1, -0.05) is 46.7 Å². The second-order valence-corrected chi connectivity index (χ2v) is 7.55. The standard InChI is InChI=1S/C18H23FNOP/c1-4-18(2,15-7-5-6-8-16(15)21)22-17-10-9-14(19)11-13(17)12-20-3/h5-11,20-22H,4,12H2,1-3H3. The van der Waals surface area contributed by atoms with Crippen LogP contribution in [0.2, 0.25) is 0 Å². The number of hydrogen-bond donors (Lipinski definition) is 2. The summed E-state index contributed by atoms with van der Waals surface area (Å²) in [4.78, 5) is 0. The zero-order chi connectivity index (χ0) is 16.2. The largest absolute Gasteiger partial charge is 0.508 e. The number of phenolic OH excluding ortho intramolecular Hbond substituents is 1. The minimum absolute atomic E-state index is 0.161. The van der Waals surface area contributed by atoms with E-state index in [1.54, 1.807) is 12.1 Å². The number of hydrogen-bond acceptors (Lipinski definition) is 2. The van der Waals surface area contributed by atoms with Gasteiger partial charge in [0.05, 0.1) is 0 Å². The van der Waals surface area contributed by atoms with Gasteiger partial charge in [0.15, 0.2) is 0 Å². The predicted molar refractivity (Wildman–Crippen MR) is 92.9 cm³/mol. The topological polar surface area (TPSA) is 32.3 Å². The highest BCUT2D eigenvalue weighted by atomic mass is 31.1. The molecule has 0 aliphatic rings. The molecule has 0 aliphatic heterocycles. The Kier molecular flexibility index (Phi) is 5.55. The van der Waals surface area contributed by atoms with Crippen LogP contribution in [0.5, 0.6) is 5.75 Å². The van der Waals surface area contributed by atoms with E-state index < -0.39 is 0 Å². The maximum atomic E-state index is 13.5. The second kappa shape index (κ2) is 7.21. The normalized spacial score (nSPS) is 14.4. The van der Waals surface area contributed by atoms with Crippen LogP contribution in [0, 0.1) is 5.82 Å². The van der Waals surface area contributed by atoms with Crippen LogP contribution in [-0.2, 0) is 11.7 Å². The lowest BCUT2D eigenvalue weighted by Gasteiger charge is -2.30. The molecule has 0 bridgehead atoms. The number of benzene rings is 2. The molecule has 22 heavy (non-hydrogen) atoms. The average Bonchev–Trinajstić information content (AvgIpc) is 2.50. The Morgan fingerprint density at radius 1 is 1.23 bits per heavy atom. The molecule has 2 atom stereocenters. The van der Waals surface area contributed by atoms with E-state index in [4.69, 9.17) is 0 Å². The summed E-state index contributed by atoms with van der Waals surface area (Å²) in [5, 5.41) is 14.3. The molecule has 2 unspecified atom stereocenters. The van der Waals surface area contributed by atoms with Crippen molar-refractivity contribution in [2.75, 3.05) is 7.05 Å². The van der Waals surface area contributed by atoms with Crippen LogP contribution >= 0.6 is 8.58 Å². The van der Waals surface area contributed by atoms with E-state index in [1.807, 2.05) is 31.3 Å². The van der Waals surface area contributed by atoms with E-state index >= 15 is 0 Å². The van der Waals surface area contributed by atoms with Crippen molar-refractivity contribution in [3.05, 3.63) is 59.4 Å². The van der Waals surface area contributed by atoms with Crippen LogP contribution in [0.15, 0.2) is 42.5 Å². The van der Waals surface area contributed by atoms with Crippen LogP contribution in [0.1, 0.15) is 31.4 Å². The first-order valence-electron chi connectivity index (χ1n) is 7.50. The molecular weight excluding hydrogens is 296 g/mol. The summed E-state index contributed by atoms with van der Waals surface area (Å²) in [6, 6.07) is 12.5. The van der Waals surface area contributed by atoms with Crippen LogP contribution < -0.4 is 10.6 Å². The first-order valence-corrected chi connectivity index (χ1v) is 8.50. The minimum Gasteiger partial charge on any atom is -0.508 e. The molecule has 0 heterocycles. The molecule has 2 aromatic carbocycles. The van der Waals surface area contributed by atoms with E-state index in [2.05, 4.69) is 19.2 Å². The van der Waals surface area contributed by atoms with Gasteiger partial charge in [0.1, 0.15) is 11.6 Å². The van der Waals surface area contributed by atoms with Gasteiger partial charge < -0.3 is 10.4 Å². The van der Waals surface area contributed by atoms with Crippen molar-refractivity contribution < 1.29 is 9.50 Å². The Morgan fingerprint density at radius 3 is 2.59 bits per heavy atom. The van der Waals surface area contributed by atoms with Crippen molar-refractivity contribution in [1.29, 1.82) is 0 Å². The summed E-state index contributed by atoms with van der Waals surface area (Å²) >= 11 is 0. The van der Waals surface area contributed by atoms with E-state index in [0.717, 1.165) is 22.9 Å². The maximum absolute atomic E-state index is 13.5. The van der Waals surface area contributed by atoms with E-state index in [0.29, 0.717) is 20.9 Å². The van der Waals surface area contributed by atoms with E-state index in [1.165, 1.54) is 6.07 Å². The third-order valence-corrected chi connectivity index (χ3v) is 5.98. The number of nitrogens with one attached hydrogen (secondary N) is 1. The highest BCUT2D eigenvalue weighted by Crippen LogP contribution is 2.47. The molecule has 0 fully saturated rings. The minimum atomic E-state index is -0.209. The first-order chi connectivity index (χ1) is 10.5. The van der Waals surface area contributed by atoms with Gasteiger partial charge in [0, 0.05) is 17.3 Å². The van der Waals surface area contributed by atoms with Crippen molar-refractivity contribution in [2.24, 2.45) is 0 Å². The third-order valence-electron chi connectivity index (χ3n) is 4.05. The van der Waals surface area contributed by atoms with Crippen molar-refractivity contribution in [3.8, 4) is 5.75 Å². The fourth-order valence-electron chi connectivity index (χ4n) is 2.60. The zero-order valence-electron chi connectivity index (χ0n) is 13.3. The van der Waals surface area contributed by atoms with Gasteiger partial charge >= 0.3 is 0 Å². The lowest BCUT2D eigenvalue weighted by atomic mass is 9.96. The Balaban J connectivity index is 2.40. The Morgan fingerprint density at radius 2 is 1.95 bits per heavy atom. The molecule has 118 valence electrons. The molecule has 4 heteroatoms. The molecule has 0 radical (unpaired) electrons. The number of phenols is 1. The van der Waals surface area contributed by atoms with Crippen LogP contribution in [0.4, 0.5) is 4.39 Å². The Hall–Kier alpha value is -1.44. The van der Waals surface area contributed by atoms with Gasteiger partial charge in [-0.15, -0.1) is 0 Å². The lowest BCUT2D eigenvalue weighted by molar-refractivity contribution is 0.457. The number of halogens is 1. The van der Waals surface area contributed by atoms with Crippen LogP contribution in [-0.4, -0.2) is 12.2 Å². The molecule has 2 aromatic rings. The van der Waals surface area contributed by atoms with Gasteiger partial charge in [-0.25, -0.2) is 4.39 Å². The fourth-order valence-corrected chi connectivity index (χ4v) is 4.21. The molecule has 0 saturated heterocycles. The number of para-hydroxylation sites is 1. The van der Waals surface area contributed by atoms with Gasteiger partial charge in [-0.2, -0.15) is 0 Å². The van der Waals surface area contributed by atoms with Crippen molar-refractivity contribution >= 4 is 13.9 Å². The van der Waals surface area contributed by atoms with Gasteiger partial charge in [0.2, 0.25) is 0 Å². The number of rotatable bonds is 6. The van der Waals surface area contributed by atoms with E-state index in [-0.39, 0.29) is 11.0 Å². The third kappa shape index (κ3) is 3.66. The highest BCUT2D eigenvalue weighted by Gasteiger charge is 2.28. The fraction of sp³-hybridized carbons (Fsp3) is 0.333. The molecule has 0 saturated carbocycles. The molecule has 0 aliphatic carbocycles. The van der Waals surface area contributed by atoms with Crippen molar-refractivity contribution in [3.63, 3.8) is 0 Å². The smallest absolute Gasteiger partial charge is 0.123 e. The molecule has 2 rings (SSSR count). The second-order valence-electron chi connectivity index (χ2n) is 5.66. The van der Waals surface area contributed by atoms with Gasteiger partial charge in [-0.05, 0) is 42.5 Å². The first kappa shape index (κ1) is 16.9. The Labute approximate surface area is 133 Å². The highest BCUT2D eigenvalue weighted by molar-refractivity contribution is 7.48. The van der Waals surface area contributed by atoms with Crippen molar-refractivity contribution in [2.45, 2.75) is 32.0 Å². The summed E-state index contributed by atoms with van der Waals surface area (Å²) in [5.41, 5.74) is 1.94. The molecular formula is C18H23FNOP. The zero-order valence-corrected chi connectivity index (χ0v) is 14.3. The summed E-state index contributed by atoms with van der Waals surface area (Å²) in [5.74, 6) is 0.121. The molecule has 2 N–H and O–H groups in total. The summed E-state index contributed by atoms with van der Waals surface area (Å²) < 4.78 is 13.5. The van der Waals surface area contributed by atoms with Gasteiger partial charge in [-0.3, -0.25) is 0 Å². The van der Waals surface area contributed by atoms with Crippen LogP contribution in [0.3, 0.4) is 0 Å². The van der Waals surface area contributed by atoms with E-state index in [9.17, 15) is 9.50 Å². The maximum Gasteiger partial charge on any atom is 0.123 e. The summed E-state index contributed by atoms with van der Waals surface area (Å²) in [6.45, 7) is 4.92. The average molecular weight is 319 g/mol. The van der Waals surface area contributed by atoms with Gasteiger partial charge in [0.25, 0.3) is 0 Å². The summed E-state index contributed by atoms with van der Waals surface area (Å²) in [7, 11) is 2.32. The van der Waals surface area contributed by atoms with Crippen LogP contribution in [0.25, 0.3) is 0 Å². The quantitative estimate of drug-likeness (QED) is 0.792. The van der Waals surface area contributed by atoms with Crippen molar-refractivity contribution in [1.82, 2.24) is 5.32 Å². The SMILES string of the molecule is CCC(C)(Pc1ccc(F)cc1CNC)c1ccccc1O. The molecule has 2 nitrogen and oxygen atoms in total. The predicted octanol–water partition coefficient (Wildman–Crippen LogP) is 3.88. The molecule has 0 spiro atoms. The Bertz CT molecular complexity index is 647. The molecule has 0 amide bonds. The molecule has 0 aromatic heterocycles. The number of aromatic hydroxyl groups is 1. The summed E-state index contributed by atoms with van der Waals surface area (Å²) in [6.07, 6.45) is 0.902. The monoisotopic (exact) mass is 319 g/mol.